The zero-order valence-corrected chi connectivity index (χ0v) is 20.5. The first kappa shape index (κ1) is 27.9. The minimum atomic E-state index is 0.811. The summed E-state index contributed by atoms with van der Waals surface area (Å²) in [4.78, 5) is 20.5. The molecule has 0 unspecified atom stereocenters. The van der Waals surface area contributed by atoms with Crippen LogP contribution in [-0.2, 0) is 9.59 Å². The summed E-state index contributed by atoms with van der Waals surface area (Å²) in [6.45, 7) is 10.2. The number of pyridine rings is 1. The van der Waals surface area contributed by atoms with E-state index in [0.29, 0.717) is 0 Å². The van der Waals surface area contributed by atoms with Crippen LogP contribution in [0, 0.1) is 20.8 Å². The molecule has 0 saturated carbocycles. The van der Waals surface area contributed by atoms with Gasteiger partial charge >= 0.3 is 0 Å². The van der Waals surface area contributed by atoms with Crippen molar-refractivity contribution in [2.24, 2.45) is 0 Å². The topological polar surface area (TPSA) is 88.9 Å². The summed E-state index contributed by atoms with van der Waals surface area (Å²) in [5.74, 6) is 0.811. The van der Waals surface area contributed by atoms with Crippen LogP contribution in [0.1, 0.15) is 16.8 Å². The van der Waals surface area contributed by atoms with E-state index in [1.54, 1.807) is 0 Å². The molecule has 0 aliphatic rings. The van der Waals surface area contributed by atoms with Crippen molar-refractivity contribution in [1.82, 2.24) is 20.1 Å². The molecule has 178 valence electrons. The van der Waals surface area contributed by atoms with Gasteiger partial charge in [-0.2, -0.15) is 5.10 Å². The molecular weight excluding hydrogens is 426 g/mol. The molecule has 0 bridgehead atoms. The molecule has 7 heteroatoms. The van der Waals surface area contributed by atoms with Crippen molar-refractivity contribution in [2.75, 3.05) is 19.4 Å². The molecule has 0 radical (unpaired) electrons. The minimum absolute atomic E-state index is 0.811. The second kappa shape index (κ2) is 14.9. The zero-order valence-electron chi connectivity index (χ0n) is 20.5. The number of carbonyl (C=O) groups excluding carboxylic acids is 2. The van der Waals surface area contributed by atoms with Gasteiger partial charge in [0.25, 0.3) is 0 Å². The van der Waals surface area contributed by atoms with Crippen LogP contribution in [0.15, 0.2) is 72.9 Å². The summed E-state index contributed by atoms with van der Waals surface area (Å²) in [6.07, 6.45) is 1.83. The highest BCUT2D eigenvalue weighted by Crippen LogP contribution is 2.26. The molecule has 0 aliphatic heterocycles. The van der Waals surface area contributed by atoms with Crippen LogP contribution in [-0.4, -0.2) is 42.4 Å². The average Bonchev–Trinajstić information content (AvgIpc) is 3.26. The first-order valence-corrected chi connectivity index (χ1v) is 10.6. The van der Waals surface area contributed by atoms with Crippen LogP contribution in [0.25, 0.3) is 16.9 Å². The average molecular weight is 460 g/mol. The predicted octanol–water partition coefficient (Wildman–Crippen LogP) is 5.07. The van der Waals surface area contributed by atoms with E-state index in [1.165, 1.54) is 11.1 Å². The highest BCUT2D eigenvalue weighted by Gasteiger charge is 2.11. The maximum atomic E-state index is 8.00. The van der Waals surface area contributed by atoms with E-state index in [2.05, 4.69) is 90.1 Å². The van der Waals surface area contributed by atoms with Crippen LogP contribution >= 0.6 is 0 Å². The molecule has 2 N–H and O–H groups in total. The molecule has 7 nitrogen and oxygen atoms in total. The van der Waals surface area contributed by atoms with Gasteiger partial charge in [0.2, 0.25) is 0 Å². The third-order valence-corrected chi connectivity index (χ3v) is 4.46. The second-order valence-electron chi connectivity index (χ2n) is 7.34. The highest BCUT2D eigenvalue weighted by molar-refractivity contribution is 5.68. The van der Waals surface area contributed by atoms with E-state index in [0.717, 1.165) is 34.1 Å². The van der Waals surface area contributed by atoms with Gasteiger partial charge in [-0.15, -0.1) is 0 Å². The summed E-state index contributed by atoms with van der Waals surface area (Å²) in [5, 5.41) is 10.8. The van der Waals surface area contributed by atoms with Gasteiger partial charge in [0.05, 0.1) is 17.1 Å². The number of carbonyl (C=O) groups is 2. The second-order valence-corrected chi connectivity index (χ2v) is 7.34. The standard InChI is InChI=1S/C23H22N4.C2H7N.2CH2O/c1-16-7-9-20(10-8-16)25-23-15-19(11-12-24-23)22-14-18(3)26-27(22)21-6-4-5-17(2)13-21;1-3-2;2*1-2/h4-15H,1-3H3,(H,24,25);3H,1-2H3;2*1H2. The van der Waals surface area contributed by atoms with Crippen molar-refractivity contribution in [1.29, 1.82) is 0 Å². The van der Waals surface area contributed by atoms with Crippen molar-refractivity contribution < 1.29 is 9.59 Å². The van der Waals surface area contributed by atoms with Crippen LogP contribution < -0.4 is 10.6 Å². The molecule has 4 aromatic rings. The lowest BCUT2D eigenvalue weighted by molar-refractivity contribution is -0.0987. The molecule has 0 spiro atoms. The van der Waals surface area contributed by atoms with Gasteiger partial charge < -0.3 is 20.2 Å². The Morgan fingerprint density at radius 3 is 2.06 bits per heavy atom. The fourth-order valence-corrected chi connectivity index (χ4v) is 3.10. The minimum Gasteiger partial charge on any atom is -0.340 e. The Bertz CT molecular complexity index is 1140. The van der Waals surface area contributed by atoms with Crippen LogP contribution in [0.2, 0.25) is 0 Å². The van der Waals surface area contributed by atoms with E-state index in [4.69, 9.17) is 14.7 Å². The van der Waals surface area contributed by atoms with Crippen LogP contribution in [0.3, 0.4) is 0 Å². The lowest BCUT2D eigenvalue weighted by Gasteiger charge is -2.10. The number of nitrogens with one attached hydrogen (secondary N) is 2. The molecular formula is C27H33N5O2. The first-order valence-electron chi connectivity index (χ1n) is 10.6. The SMILES string of the molecule is C=O.C=O.CNC.Cc1ccc(Nc2cc(-c3cc(C)nn3-c3cccc(C)c3)ccn2)cc1. The first-order chi connectivity index (χ1) is 16.5. The Morgan fingerprint density at radius 2 is 1.44 bits per heavy atom. The summed E-state index contributed by atoms with van der Waals surface area (Å²) >= 11 is 0. The van der Waals surface area contributed by atoms with Crippen molar-refractivity contribution in [2.45, 2.75) is 20.8 Å². The normalized spacial score (nSPS) is 9.32. The zero-order chi connectivity index (χ0) is 25.5. The Balaban J connectivity index is 0.000000750. The number of aryl methyl sites for hydroxylation is 3. The fourth-order valence-electron chi connectivity index (χ4n) is 3.10. The summed E-state index contributed by atoms with van der Waals surface area (Å²) in [6, 6.07) is 22.8. The maximum absolute atomic E-state index is 8.00. The van der Waals surface area contributed by atoms with Gasteiger partial charge in [-0.05, 0) is 82.9 Å². The predicted molar refractivity (Wildman–Crippen MR) is 140 cm³/mol. The lowest BCUT2D eigenvalue weighted by atomic mass is 10.1. The van der Waals surface area contributed by atoms with E-state index < -0.39 is 0 Å². The molecule has 2 aromatic carbocycles. The summed E-state index contributed by atoms with van der Waals surface area (Å²) < 4.78 is 1.99. The van der Waals surface area contributed by atoms with Crippen LogP contribution in [0.4, 0.5) is 11.5 Å². The Morgan fingerprint density at radius 1 is 0.794 bits per heavy atom. The number of rotatable bonds is 4. The summed E-state index contributed by atoms with van der Waals surface area (Å²) in [7, 11) is 3.75. The number of aromatic nitrogens is 3. The number of benzene rings is 2. The number of hydrogen-bond acceptors (Lipinski definition) is 6. The van der Waals surface area contributed by atoms with Crippen molar-refractivity contribution >= 4 is 25.1 Å². The molecule has 0 fully saturated rings. The van der Waals surface area contributed by atoms with Crippen molar-refractivity contribution in [3.05, 3.63) is 89.7 Å². The van der Waals surface area contributed by atoms with Crippen molar-refractivity contribution in [3.8, 4) is 16.9 Å². The van der Waals surface area contributed by atoms with E-state index in [9.17, 15) is 0 Å². The van der Waals surface area contributed by atoms with E-state index >= 15 is 0 Å². The third kappa shape index (κ3) is 8.11. The van der Waals surface area contributed by atoms with Gasteiger partial charge in [-0.1, -0.05) is 29.8 Å². The quantitative estimate of drug-likeness (QED) is 0.443. The van der Waals surface area contributed by atoms with Crippen LogP contribution in [0.5, 0.6) is 0 Å². The molecule has 0 amide bonds. The molecule has 2 heterocycles. The largest absolute Gasteiger partial charge is 0.340 e. The molecule has 0 saturated heterocycles. The fraction of sp³-hybridized carbons (Fsp3) is 0.185. The molecule has 34 heavy (non-hydrogen) atoms. The number of nitrogens with zero attached hydrogens (tertiary/aromatic N) is 3. The third-order valence-electron chi connectivity index (χ3n) is 4.46. The van der Waals surface area contributed by atoms with Gasteiger partial charge in [0, 0.05) is 17.4 Å². The Hall–Kier alpha value is -4.10. The molecule has 2 aromatic heterocycles. The molecule has 4 rings (SSSR count). The summed E-state index contributed by atoms with van der Waals surface area (Å²) in [5.41, 5.74) is 7.63. The van der Waals surface area contributed by atoms with Gasteiger partial charge in [0.1, 0.15) is 19.4 Å². The Kier molecular flexibility index (Phi) is 12.2. The highest BCUT2D eigenvalue weighted by atomic mass is 16.1. The monoisotopic (exact) mass is 459 g/mol. The van der Waals surface area contributed by atoms with Crippen molar-refractivity contribution in [3.63, 3.8) is 0 Å². The van der Waals surface area contributed by atoms with Gasteiger partial charge in [-0.25, -0.2) is 9.67 Å². The number of anilines is 2. The number of hydrogen-bond donors (Lipinski definition) is 2. The molecule has 0 aliphatic carbocycles. The molecule has 0 atom stereocenters. The Labute approximate surface area is 201 Å². The van der Waals surface area contributed by atoms with Gasteiger partial charge in [-0.3, -0.25) is 0 Å². The smallest absolute Gasteiger partial charge is 0.130 e. The van der Waals surface area contributed by atoms with E-state index in [1.807, 2.05) is 51.5 Å². The lowest BCUT2D eigenvalue weighted by Crippen LogP contribution is -2.00. The van der Waals surface area contributed by atoms with Gasteiger partial charge in [0.15, 0.2) is 0 Å². The maximum Gasteiger partial charge on any atom is 0.130 e. The van der Waals surface area contributed by atoms with E-state index in [-0.39, 0.29) is 0 Å².